The van der Waals surface area contributed by atoms with Crippen LogP contribution in [0.3, 0.4) is 0 Å². The molecule has 0 amide bonds. The van der Waals surface area contributed by atoms with E-state index in [0.29, 0.717) is 5.75 Å². The summed E-state index contributed by atoms with van der Waals surface area (Å²) >= 11 is 1.51. The Morgan fingerprint density at radius 1 is 1.90 bits per heavy atom. The molecule has 0 bridgehead atoms. The van der Waals surface area contributed by atoms with Crippen molar-refractivity contribution >= 4 is 11.8 Å². The first-order chi connectivity index (χ1) is 4.84. The van der Waals surface area contributed by atoms with Gasteiger partial charge in [0.2, 0.25) is 0 Å². The summed E-state index contributed by atoms with van der Waals surface area (Å²) in [6.07, 6.45) is 3.62. The van der Waals surface area contributed by atoms with Gasteiger partial charge in [0, 0.05) is 19.4 Å². The van der Waals surface area contributed by atoms with Crippen LogP contribution in [0.4, 0.5) is 0 Å². The quantitative estimate of drug-likeness (QED) is 0.571. The molecule has 1 aromatic rings. The van der Waals surface area contributed by atoms with Gasteiger partial charge >= 0.3 is 0 Å². The van der Waals surface area contributed by atoms with Crippen molar-refractivity contribution < 1.29 is 5.26 Å². The van der Waals surface area contributed by atoms with Gasteiger partial charge in [-0.1, -0.05) is 11.8 Å². The van der Waals surface area contributed by atoms with Crippen molar-refractivity contribution in [3.8, 4) is 6.07 Å². The third-order valence-electron chi connectivity index (χ3n) is 1.05. The third-order valence-corrected chi connectivity index (χ3v) is 1.99. The van der Waals surface area contributed by atoms with Gasteiger partial charge in [0.15, 0.2) is 5.16 Å². The van der Waals surface area contributed by atoms with Crippen molar-refractivity contribution in [3.05, 3.63) is 12.4 Å². The number of aromatic nitrogens is 2. The molecule has 0 aliphatic carbocycles. The number of aryl methyl sites for hydroxylation is 1. The SMILES string of the molecule is Cn1ccnc1SCC#[NH+]. The molecule has 0 radical (unpaired) electrons. The number of nitrogens with one attached hydrogen (secondary N) is 1. The molecule has 1 N–H and O–H groups in total. The minimum absolute atomic E-state index is 0.574. The normalized spacial score (nSPS) is 9.20. The summed E-state index contributed by atoms with van der Waals surface area (Å²) in [5.41, 5.74) is 0. The molecule has 1 rings (SSSR count). The summed E-state index contributed by atoms with van der Waals surface area (Å²) in [4.78, 5) is 4.06. The van der Waals surface area contributed by atoms with E-state index in [1.807, 2.05) is 17.8 Å². The zero-order chi connectivity index (χ0) is 7.40. The lowest BCUT2D eigenvalue weighted by Crippen LogP contribution is -2.17. The van der Waals surface area contributed by atoms with E-state index >= 15 is 0 Å². The maximum absolute atomic E-state index is 6.67. The van der Waals surface area contributed by atoms with E-state index in [9.17, 15) is 0 Å². The van der Waals surface area contributed by atoms with Crippen LogP contribution in [-0.2, 0) is 7.05 Å². The minimum Gasteiger partial charge on any atom is -0.329 e. The summed E-state index contributed by atoms with van der Waals surface area (Å²) < 4.78 is 1.92. The number of thioether (sulfide) groups is 1. The summed E-state index contributed by atoms with van der Waals surface area (Å²) in [6, 6.07) is 2.29. The van der Waals surface area contributed by atoms with Crippen LogP contribution in [0.25, 0.3) is 0 Å². The minimum atomic E-state index is 0.574. The van der Waals surface area contributed by atoms with E-state index in [2.05, 4.69) is 11.1 Å². The van der Waals surface area contributed by atoms with Crippen LogP contribution < -0.4 is 5.26 Å². The highest BCUT2D eigenvalue weighted by molar-refractivity contribution is 7.99. The fourth-order valence-electron chi connectivity index (χ4n) is 0.592. The Morgan fingerprint density at radius 2 is 2.70 bits per heavy atom. The Balaban J connectivity index is 2.59. The number of imidazole rings is 1. The Labute approximate surface area is 63.7 Å². The zero-order valence-corrected chi connectivity index (χ0v) is 6.48. The summed E-state index contributed by atoms with van der Waals surface area (Å²) in [5.74, 6) is 0.574. The van der Waals surface area contributed by atoms with Crippen molar-refractivity contribution in [1.82, 2.24) is 9.55 Å². The van der Waals surface area contributed by atoms with Crippen LogP contribution in [0.1, 0.15) is 0 Å². The Kier molecular flexibility index (Phi) is 2.35. The van der Waals surface area contributed by atoms with Gasteiger partial charge in [-0.15, -0.1) is 5.26 Å². The molecule has 0 spiro atoms. The van der Waals surface area contributed by atoms with Crippen LogP contribution >= 0.6 is 11.8 Å². The average Bonchev–Trinajstić information content (AvgIpc) is 2.31. The fourth-order valence-corrected chi connectivity index (χ4v) is 1.19. The van der Waals surface area contributed by atoms with Gasteiger partial charge in [0.05, 0.1) is 0 Å². The molecule has 0 saturated carbocycles. The molecule has 3 nitrogen and oxygen atoms in total. The fraction of sp³-hybridized carbons (Fsp3) is 0.333. The van der Waals surface area contributed by atoms with Gasteiger partial charge in [-0.3, -0.25) is 0 Å². The lowest BCUT2D eigenvalue weighted by Gasteiger charge is -1.93. The van der Waals surface area contributed by atoms with Gasteiger partial charge < -0.3 is 4.57 Å². The van der Waals surface area contributed by atoms with E-state index in [4.69, 9.17) is 5.26 Å². The van der Waals surface area contributed by atoms with E-state index in [0.717, 1.165) is 5.16 Å². The molecule has 0 atom stereocenters. The average molecular weight is 154 g/mol. The van der Waals surface area contributed by atoms with Gasteiger partial charge in [0.25, 0.3) is 6.07 Å². The standard InChI is InChI=1S/C6H7N3S/c1-9-4-3-8-6(9)10-5-2-7/h3-4H,5H2,1H3/p+1. The van der Waals surface area contributed by atoms with E-state index in [-0.39, 0.29) is 0 Å². The highest BCUT2D eigenvalue weighted by Gasteiger charge is 1.98. The molecule has 52 valence electrons. The molecule has 0 aliphatic heterocycles. The number of nitrogens with zero attached hydrogens (tertiary/aromatic N) is 2. The molecule has 10 heavy (non-hydrogen) atoms. The highest BCUT2D eigenvalue weighted by Crippen LogP contribution is 2.12. The molecular formula is C6H8N3S+. The predicted octanol–water partition coefficient (Wildman–Crippen LogP) is -0.715. The summed E-state index contributed by atoms with van der Waals surface area (Å²) in [5, 5.41) is 7.60. The molecule has 0 aliphatic rings. The molecule has 0 saturated heterocycles. The molecule has 4 heteroatoms. The zero-order valence-electron chi connectivity index (χ0n) is 5.66. The van der Waals surface area contributed by atoms with Gasteiger partial charge in [-0.25, -0.2) is 4.98 Å². The maximum atomic E-state index is 6.67. The van der Waals surface area contributed by atoms with Crippen molar-refractivity contribution in [2.75, 3.05) is 5.75 Å². The van der Waals surface area contributed by atoms with Crippen molar-refractivity contribution in [3.63, 3.8) is 0 Å². The van der Waals surface area contributed by atoms with Gasteiger partial charge in [-0.2, -0.15) is 0 Å². The Morgan fingerprint density at radius 3 is 3.20 bits per heavy atom. The number of hydrogen-bond donors (Lipinski definition) is 1. The van der Waals surface area contributed by atoms with Crippen LogP contribution in [0, 0.1) is 6.07 Å². The van der Waals surface area contributed by atoms with Crippen LogP contribution in [0.15, 0.2) is 17.6 Å². The van der Waals surface area contributed by atoms with E-state index < -0.39 is 0 Å². The molecule has 1 aromatic heterocycles. The second-order valence-electron chi connectivity index (χ2n) is 1.79. The molecule has 0 unspecified atom stereocenters. The van der Waals surface area contributed by atoms with E-state index in [1.54, 1.807) is 6.20 Å². The van der Waals surface area contributed by atoms with Crippen LogP contribution in [-0.4, -0.2) is 15.3 Å². The number of hydrogen-bond acceptors (Lipinski definition) is 2. The first-order valence-corrected chi connectivity index (χ1v) is 3.83. The monoisotopic (exact) mass is 154 g/mol. The first kappa shape index (κ1) is 7.16. The van der Waals surface area contributed by atoms with Crippen molar-refractivity contribution in [2.24, 2.45) is 7.05 Å². The molecule has 0 fully saturated rings. The Hall–Kier alpha value is -0.950. The smallest absolute Gasteiger partial charge is 0.281 e. The predicted molar refractivity (Wildman–Crippen MR) is 38.8 cm³/mol. The van der Waals surface area contributed by atoms with Crippen molar-refractivity contribution in [1.29, 1.82) is 0 Å². The molecule has 0 aromatic carbocycles. The Bertz CT molecular complexity index is 248. The molecular weight excluding hydrogens is 146 g/mol. The summed E-state index contributed by atoms with van der Waals surface area (Å²) in [7, 11) is 1.93. The maximum Gasteiger partial charge on any atom is 0.281 e. The largest absolute Gasteiger partial charge is 0.329 e. The lowest BCUT2D eigenvalue weighted by molar-refractivity contribution is -0.0922. The van der Waals surface area contributed by atoms with Crippen molar-refractivity contribution in [2.45, 2.75) is 5.16 Å². The van der Waals surface area contributed by atoms with E-state index in [1.165, 1.54) is 11.8 Å². The van der Waals surface area contributed by atoms with Crippen LogP contribution in [0.2, 0.25) is 0 Å². The molecule has 1 heterocycles. The number of rotatable bonds is 2. The topological polar surface area (TPSA) is 41.6 Å². The van der Waals surface area contributed by atoms with Crippen LogP contribution in [0.5, 0.6) is 0 Å². The lowest BCUT2D eigenvalue weighted by atomic mass is 10.9. The second kappa shape index (κ2) is 3.28. The second-order valence-corrected chi connectivity index (χ2v) is 2.73. The third kappa shape index (κ3) is 1.52. The van der Waals surface area contributed by atoms with Gasteiger partial charge in [-0.05, 0) is 0 Å². The highest BCUT2D eigenvalue weighted by atomic mass is 32.2. The van der Waals surface area contributed by atoms with Gasteiger partial charge in [0.1, 0.15) is 5.75 Å². The first-order valence-electron chi connectivity index (χ1n) is 2.84. The summed E-state index contributed by atoms with van der Waals surface area (Å²) in [6.45, 7) is 0.